The monoisotopic (exact) mass is 439 g/mol. The van der Waals surface area contributed by atoms with Crippen molar-refractivity contribution in [3.63, 3.8) is 0 Å². The quantitative estimate of drug-likeness (QED) is 0.0946. The van der Waals surface area contributed by atoms with Crippen LogP contribution >= 0.6 is 0 Å². The molecule has 0 aliphatic carbocycles. The number of hydrogen-bond acceptors (Lipinski definition) is 5. The minimum Gasteiger partial charge on any atom is -0.465 e. The molecule has 181 valence electrons. The lowest BCUT2D eigenvalue weighted by atomic mass is 10.2. The molecule has 31 heavy (non-hydrogen) atoms. The third-order valence-corrected chi connectivity index (χ3v) is 4.78. The van der Waals surface area contributed by atoms with Gasteiger partial charge in [0, 0.05) is 18.9 Å². The Morgan fingerprint density at radius 2 is 1.39 bits per heavy atom. The summed E-state index contributed by atoms with van der Waals surface area (Å²) in [5.41, 5.74) is 0. The number of aliphatic hydroxyl groups is 1. The van der Waals surface area contributed by atoms with Crippen LogP contribution in [0.1, 0.15) is 90.9 Å². The minimum absolute atomic E-state index is 0.0972. The van der Waals surface area contributed by atoms with Crippen LogP contribution in [0.25, 0.3) is 0 Å². The van der Waals surface area contributed by atoms with Gasteiger partial charge in [-0.1, -0.05) is 63.8 Å². The number of carbonyl (C=O) groups is 1. The molecular weight excluding hydrogens is 392 g/mol. The van der Waals surface area contributed by atoms with Crippen LogP contribution in [0.5, 0.6) is 0 Å². The molecule has 0 bridgehead atoms. The fourth-order valence-corrected chi connectivity index (χ4v) is 2.82. The van der Waals surface area contributed by atoms with Gasteiger partial charge in [0.25, 0.3) is 0 Å². The Balaban J connectivity index is 4.20. The van der Waals surface area contributed by atoms with E-state index >= 15 is 0 Å². The Morgan fingerprint density at radius 3 is 1.87 bits per heavy atom. The molecule has 0 fully saturated rings. The largest absolute Gasteiger partial charge is 0.465 e. The molecule has 0 heterocycles. The summed E-state index contributed by atoms with van der Waals surface area (Å²) >= 11 is 0. The second kappa shape index (κ2) is 23.5. The zero-order chi connectivity index (χ0) is 23.0. The fourth-order valence-electron chi connectivity index (χ4n) is 2.82. The van der Waals surface area contributed by atoms with Gasteiger partial charge >= 0.3 is 5.97 Å². The number of carbonyl (C=O) groups excluding carboxylic acids is 1. The molecule has 0 aromatic carbocycles. The van der Waals surface area contributed by atoms with E-state index < -0.39 is 6.29 Å². The maximum atomic E-state index is 11.9. The molecule has 1 N–H and O–H groups in total. The fraction of sp³-hybridized carbons (Fsp3) is 0.769. The smallest absolute Gasteiger partial charge is 0.305 e. The van der Waals surface area contributed by atoms with Crippen LogP contribution in [0.2, 0.25) is 0 Å². The van der Waals surface area contributed by atoms with Gasteiger partial charge in [-0.2, -0.15) is 0 Å². The third-order valence-electron chi connectivity index (χ3n) is 4.78. The standard InChI is InChI=1S/C26H47O5/c1-4-6-8-10-12-14-16-20-29-26(19-18-25(28)31-23-24(3)22-27)30-21-17-15-13-11-9-7-5-2/h12-15,24,26-27H,3-11,16-23H2,1-2H3/b14-12-,15-13-. The number of aliphatic hydroxyl groups excluding tert-OH is 1. The minimum atomic E-state index is -0.414. The molecular formula is C26H47O5. The van der Waals surface area contributed by atoms with Crippen LogP contribution in [0.15, 0.2) is 24.3 Å². The van der Waals surface area contributed by atoms with Gasteiger partial charge < -0.3 is 19.3 Å². The van der Waals surface area contributed by atoms with E-state index in [9.17, 15) is 4.79 Å². The molecule has 1 unspecified atom stereocenters. The number of allylic oxidation sites excluding steroid dienone is 2. The Kier molecular flexibility index (Phi) is 22.6. The summed E-state index contributed by atoms with van der Waals surface area (Å²) in [5.74, 6) is -0.605. The highest BCUT2D eigenvalue weighted by molar-refractivity contribution is 5.69. The predicted octanol–water partition coefficient (Wildman–Crippen LogP) is 6.16. The first kappa shape index (κ1) is 29.8. The van der Waals surface area contributed by atoms with Crippen LogP contribution in [-0.2, 0) is 19.0 Å². The zero-order valence-electron chi connectivity index (χ0n) is 20.1. The molecule has 0 saturated heterocycles. The van der Waals surface area contributed by atoms with Crippen LogP contribution in [0.4, 0.5) is 0 Å². The number of ether oxygens (including phenoxy) is 3. The summed E-state index contributed by atoms with van der Waals surface area (Å²) < 4.78 is 16.9. The maximum Gasteiger partial charge on any atom is 0.305 e. The van der Waals surface area contributed by atoms with E-state index in [1.807, 2.05) is 0 Å². The summed E-state index contributed by atoms with van der Waals surface area (Å²) in [7, 11) is 0. The van der Waals surface area contributed by atoms with Crippen molar-refractivity contribution in [2.45, 2.75) is 97.2 Å². The lowest BCUT2D eigenvalue weighted by Gasteiger charge is -2.18. The van der Waals surface area contributed by atoms with Crippen LogP contribution in [-0.4, -0.2) is 43.8 Å². The molecule has 0 aliphatic heterocycles. The van der Waals surface area contributed by atoms with E-state index in [4.69, 9.17) is 19.3 Å². The number of unbranched alkanes of at least 4 members (excludes halogenated alkanes) is 6. The van der Waals surface area contributed by atoms with Crippen LogP contribution in [0.3, 0.4) is 0 Å². The first-order chi connectivity index (χ1) is 15.1. The van der Waals surface area contributed by atoms with Gasteiger partial charge in [0.15, 0.2) is 6.29 Å². The van der Waals surface area contributed by atoms with Crippen molar-refractivity contribution in [2.75, 3.05) is 26.4 Å². The zero-order valence-corrected chi connectivity index (χ0v) is 20.1. The van der Waals surface area contributed by atoms with Gasteiger partial charge in [0.2, 0.25) is 0 Å². The second-order valence-electron chi connectivity index (χ2n) is 7.95. The van der Waals surface area contributed by atoms with Gasteiger partial charge in [-0.15, -0.1) is 0 Å². The van der Waals surface area contributed by atoms with Gasteiger partial charge in [-0.3, -0.25) is 4.79 Å². The van der Waals surface area contributed by atoms with E-state index in [0.29, 0.717) is 19.6 Å². The Bertz CT molecular complexity index is 421. The highest BCUT2D eigenvalue weighted by Gasteiger charge is 2.14. The maximum absolute atomic E-state index is 11.9. The van der Waals surface area contributed by atoms with Crippen LogP contribution in [0, 0.1) is 12.8 Å². The molecule has 0 aliphatic rings. The lowest BCUT2D eigenvalue weighted by molar-refractivity contribution is -0.158. The molecule has 0 rings (SSSR count). The summed E-state index contributed by atoms with van der Waals surface area (Å²) in [6.45, 7) is 9.29. The molecule has 0 amide bonds. The van der Waals surface area contributed by atoms with Gasteiger partial charge in [0.05, 0.1) is 26.2 Å². The van der Waals surface area contributed by atoms with Crippen molar-refractivity contribution in [3.05, 3.63) is 31.2 Å². The Morgan fingerprint density at radius 1 is 0.871 bits per heavy atom. The molecule has 0 spiro atoms. The summed E-state index contributed by atoms with van der Waals surface area (Å²) in [6.07, 6.45) is 20.4. The van der Waals surface area contributed by atoms with Gasteiger partial charge in [-0.25, -0.2) is 0 Å². The second-order valence-corrected chi connectivity index (χ2v) is 7.95. The predicted molar refractivity (Wildman–Crippen MR) is 128 cm³/mol. The van der Waals surface area contributed by atoms with E-state index in [1.165, 1.54) is 38.5 Å². The number of rotatable bonds is 22. The third kappa shape index (κ3) is 21.8. The molecule has 5 heteroatoms. The average molecular weight is 440 g/mol. The lowest BCUT2D eigenvalue weighted by Crippen LogP contribution is -2.21. The first-order valence-electron chi connectivity index (χ1n) is 12.3. The molecule has 0 saturated carbocycles. The highest BCUT2D eigenvalue weighted by Crippen LogP contribution is 2.09. The first-order valence-corrected chi connectivity index (χ1v) is 12.3. The van der Waals surface area contributed by atoms with Crippen molar-refractivity contribution in [1.82, 2.24) is 0 Å². The van der Waals surface area contributed by atoms with E-state index in [-0.39, 0.29) is 31.5 Å². The van der Waals surface area contributed by atoms with E-state index in [0.717, 1.165) is 25.7 Å². The van der Waals surface area contributed by atoms with Crippen molar-refractivity contribution in [2.24, 2.45) is 5.92 Å². The molecule has 0 aromatic rings. The van der Waals surface area contributed by atoms with Crippen molar-refractivity contribution in [1.29, 1.82) is 0 Å². The Labute approximate surface area is 191 Å². The van der Waals surface area contributed by atoms with Gasteiger partial charge in [0.1, 0.15) is 0 Å². The SMILES string of the molecule is [CH2]C(CO)COC(=O)CCC(OCC/C=C\CCCCC)OCC/C=C\CCCCC. The van der Waals surface area contributed by atoms with Crippen molar-refractivity contribution >= 4 is 5.97 Å². The summed E-state index contributed by atoms with van der Waals surface area (Å²) in [4.78, 5) is 11.9. The normalized spacial score (nSPS) is 12.9. The van der Waals surface area contributed by atoms with Crippen LogP contribution < -0.4 is 0 Å². The van der Waals surface area contributed by atoms with E-state index in [1.54, 1.807) is 0 Å². The molecule has 5 nitrogen and oxygen atoms in total. The van der Waals surface area contributed by atoms with E-state index in [2.05, 4.69) is 45.1 Å². The topological polar surface area (TPSA) is 65.0 Å². The molecule has 0 aromatic heterocycles. The van der Waals surface area contributed by atoms with Crippen molar-refractivity contribution < 1.29 is 24.1 Å². The van der Waals surface area contributed by atoms with Gasteiger partial charge in [-0.05, 0) is 45.4 Å². The number of hydrogen-bond donors (Lipinski definition) is 1. The molecule has 1 atom stereocenters. The molecule has 1 radical (unpaired) electrons. The Hall–Kier alpha value is -1.17. The summed E-state index contributed by atoms with van der Waals surface area (Å²) in [5, 5.41) is 8.96. The highest BCUT2D eigenvalue weighted by atomic mass is 16.7. The van der Waals surface area contributed by atoms with Crippen molar-refractivity contribution in [3.8, 4) is 0 Å². The average Bonchev–Trinajstić information content (AvgIpc) is 2.78. The summed E-state index contributed by atoms with van der Waals surface area (Å²) in [6, 6.07) is 0. The number of esters is 1.